The zero-order valence-electron chi connectivity index (χ0n) is 20.4. The van der Waals surface area contributed by atoms with Gasteiger partial charge in [0.2, 0.25) is 5.91 Å². The third-order valence-electron chi connectivity index (χ3n) is 6.59. The van der Waals surface area contributed by atoms with Gasteiger partial charge in [-0.05, 0) is 60.5 Å². The summed E-state index contributed by atoms with van der Waals surface area (Å²) in [7, 11) is 0. The first kappa shape index (κ1) is 24.1. The molecule has 0 saturated carbocycles. The van der Waals surface area contributed by atoms with Crippen LogP contribution >= 0.6 is 0 Å². The number of nitrogens with one attached hydrogen (secondary N) is 2. The zero-order valence-corrected chi connectivity index (χ0v) is 20.4. The zero-order chi connectivity index (χ0) is 24.4. The summed E-state index contributed by atoms with van der Waals surface area (Å²) in [5, 5.41) is 23.9. The van der Waals surface area contributed by atoms with Gasteiger partial charge in [0.15, 0.2) is 11.8 Å². The average molecular weight is 466 g/mol. The third kappa shape index (κ3) is 4.63. The summed E-state index contributed by atoms with van der Waals surface area (Å²) in [5.41, 5.74) is 8.16. The average Bonchev–Trinajstić information content (AvgIpc) is 3.24. The van der Waals surface area contributed by atoms with Crippen molar-refractivity contribution in [3.05, 3.63) is 58.1 Å². The summed E-state index contributed by atoms with van der Waals surface area (Å²) in [6, 6.07) is 8.69. The van der Waals surface area contributed by atoms with Gasteiger partial charge < -0.3 is 20.4 Å². The lowest BCUT2D eigenvalue weighted by Crippen LogP contribution is -2.41. The van der Waals surface area contributed by atoms with Crippen molar-refractivity contribution in [3.8, 4) is 11.5 Å². The number of benzene rings is 2. The molecule has 0 fully saturated rings. The van der Waals surface area contributed by atoms with Crippen LogP contribution in [-0.4, -0.2) is 46.7 Å². The second-order valence-corrected chi connectivity index (χ2v) is 9.38. The molecule has 1 atom stereocenters. The lowest BCUT2D eigenvalue weighted by molar-refractivity contribution is -0.123. The first-order valence-corrected chi connectivity index (χ1v) is 12.2. The van der Waals surface area contributed by atoms with Gasteiger partial charge in [0.05, 0.1) is 5.56 Å². The number of phenolic OH excluding ortho intramolecular Hbond substituents is 2. The van der Waals surface area contributed by atoms with E-state index in [-0.39, 0.29) is 23.3 Å². The molecule has 1 unspecified atom stereocenters. The Hall–Kier alpha value is -3.03. The molecule has 0 bridgehead atoms. The summed E-state index contributed by atoms with van der Waals surface area (Å²) in [4.78, 5) is 21.2. The Morgan fingerprint density at radius 3 is 2.68 bits per heavy atom. The topological polar surface area (TPSA) is 94.1 Å². The molecule has 34 heavy (non-hydrogen) atoms. The Morgan fingerprint density at radius 2 is 1.97 bits per heavy atom. The molecule has 4 N–H and O–H groups in total. The maximum Gasteiger partial charge on any atom is 0.245 e. The monoisotopic (exact) mass is 465 g/mol. The highest BCUT2D eigenvalue weighted by Gasteiger charge is 2.36. The molecule has 7 heteroatoms. The molecule has 2 aromatic carbocycles. The van der Waals surface area contributed by atoms with E-state index in [0.29, 0.717) is 29.0 Å². The van der Waals surface area contributed by atoms with Crippen LogP contribution in [0.1, 0.15) is 67.9 Å². The summed E-state index contributed by atoms with van der Waals surface area (Å²) in [6.07, 6.45) is 2.09. The second-order valence-electron chi connectivity index (χ2n) is 9.38. The van der Waals surface area contributed by atoms with Gasteiger partial charge in [-0.15, -0.1) is 5.48 Å². The molecule has 182 valence electrons. The quantitative estimate of drug-likeness (QED) is 0.496. The molecular weight excluding hydrogens is 430 g/mol. The van der Waals surface area contributed by atoms with E-state index in [1.807, 2.05) is 26.8 Å². The molecule has 0 spiro atoms. The van der Waals surface area contributed by atoms with Crippen molar-refractivity contribution in [3.63, 3.8) is 0 Å². The Labute approximate surface area is 201 Å². The standard InChI is InChI=1S/C27H35N3O4/c1-5-10-30-11-9-17-12-18(7-8-19(17)15-30)24-25(27(33)28-6-2)29-34-26(24)21-13-20(16(3)4)22(31)14-23(21)32/h7-8,12-14,16,25,29,31-32H,5-6,9-11,15H2,1-4H3,(H,28,33). The van der Waals surface area contributed by atoms with E-state index >= 15 is 0 Å². The van der Waals surface area contributed by atoms with Crippen molar-refractivity contribution >= 4 is 17.2 Å². The van der Waals surface area contributed by atoms with Crippen molar-refractivity contribution in [1.82, 2.24) is 15.7 Å². The molecular formula is C27H35N3O4. The minimum atomic E-state index is -0.719. The molecule has 1 amide bonds. The SMILES string of the molecule is CCCN1CCc2cc(C3=C(c4cc(C(C)C)c(O)cc4O)ONC3C(=O)NCC)ccc2C1. The molecule has 4 rings (SSSR count). The van der Waals surface area contributed by atoms with Crippen molar-refractivity contribution in [2.45, 2.75) is 59.0 Å². The Bertz CT molecular complexity index is 1110. The van der Waals surface area contributed by atoms with E-state index in [2.05, 4.69) is 34.8 Å². The largest absolute Gasteiger partial charge is 0.508 e. The molecule has 0 aliphatic carbocycles. The van der Waals surface area contributed by atoms with Crippen LogP contribution in [0.3, 0.4) is 0 Å². The maximum atomic E-state index is 12.9. The van der Waals surface area contributed by atoms with Crippen LogP contribution in [0.4, 0.5) is 0 Å². The number of phenols is 2. The lowest BCUT2D eigenvalue weighted by atomic mass is 9.89. The minimum absolute atomic E-state index is 0.0371. The van der Waals surface area contributed by atoms with E-state index in [9.17, 15) is 15.0 Å². The number of hydrogen-bond acceptors (Lipinski definition) is 6. The fourth-order valence-electron chi connectivity index (χ4n) is 4.85. The van der Waals surface area contributed by atoms with Gasteiger partial charge in [0.25, 0.3) is 0 Å². The van der Waals surface area contributed by atoms with Crippen LogP contribution in [-0.2, 0) is 22.6 Å². The van der Waals surface area contributed by atoms with Crippen LogP contribution in [0.15, 0.2) is 30.3 Å². The highest BCUT2D eigenvalue weighted by molar-refractivity contribution is 6.05. The van der Waals surface area contributed by atoms with E-state index < -0.39 is 6.04 Å². The van der Waals surface area contributed by atoms with E-state index in [4.69, 9.17) is 4.84 Å². The number of carbonyl (C=O) groups is 1. The number of amides is 1. The third-order valence-corrected chi connectivity index (χ3v) is 6.59. The molecule has 2 heterocycles. The van der Waals surface area contributed by atoms with Gasteiger partial charge in [-0.25, -0.2) is 0 Å². The predicted octanol–water partition coefficient (Wildman–Crippen LogP) is 3.90. The van der Waals surface area contributed by atoms with E-state index in [1.165, 1.54) is 17.2 Å². The number of fused-ring (bicyclic) bond motifs is 1. The number of nitrogens with zero attached hydrogens (tertiary/aromatic N) is 1. The molecule has 2 aliphatic rings. The fraction of sp³-hybridized carbons (Fsp3) is 0.444. The highest BCUT2D eigenvalue weighted by Crippen LogP contribution is 2.42. The highest BCUT2D eigenvalue weighted by atomic mass is 16.7. The van der Waals surface area contributed by atoms with Crippen molar-refractivity contribution in [1.29, 1.82) is 0 Å². The molecule has 0 radical (unpaired) electrons. The molecule has 0 saturated heterocycles. The van der Waals surface area contributed by atoms with Crippen molar-refractivity contribution in [2.75, 3.05) is 19.6 Å². The predicted molar refractivity (Wildman–Crippen MR) is 133 cm³/mol. The van der Waals surface area contributed by atoms with Crippen LogP contribution in [0, 0.1) is 0 Å². The van der Waals surface area contributed by atoms with Gasteiger partial charge in [0.1, 0.15) is 11.5 Å². The van der Waals surface area contributed by atoms with Gasteiger partial charge in [-0.3, -0.25) is 9.69 Å². The summed E-state index contributed by atoms with van der Waals surface area (Å²) < 4.78 is 0. The number of carbonyl (C=O) groups excluding carboxylic acids is 1. The van der Waals surface area contributed by atoms with Gasteiger partial charge in [-0.2, -0.15) is 0 Å². The van der Waals surface area contributed by atoms with Gasteiger partial charge in [-0.1, -0.05) is 39.0 Å². The van der Waals surface area contributed by atoms with Crippen LogP contribution < -0.4 is 10.8 Å². The van der Waals surface area contributed by atoms with Crippen LogP contribution in [0.5, 0.6) is 11.5 Å². The number of rotatable bonds is 7. The summed E-state index contributed by atoms with van der Waals surface area (Å²) in [6.45, 7) is 11.6. The van der Waals surface area contributed by atoms with Crippen LogP contribution in [0.25, 0.3) is 11.3 Å². The molecule has 2 aromatic rings. The lowest BCUT2D eigenvalue weighted by Gasteiger charge is -2.29. The summed E-state index contributed by atoms with van der Waals surface area (Å²) >= 11 is 0. The van der Waals surface area contributed by atoms with E-state index in [1.54, 1.807) is 6.07 Å². The Kier molecular flexibility index (Phi) is 7.14. The summed E-state index contributed by atoms with van der Waals surface area (Å²) in [5.74, 6) is 0.198. The minimum Gasteiger partial charge on any atom is -0.508 e. The number of hydroxylamine groups is 1. The number of hydrogen-bond donors (Lipinski definition) is 4. The van der Waals surface area contributed by atoms with Gasteiger partial charge >= 0.3 is 0 Å². The fourth-order valence-corrected chi connectivity index (χ4v) is 4.85. The molecule has 2 aliphatic heterocycles. The Balaban J connectivity index is 1.82. The van der Waals surface area contributed by atoms with Crippen molar-refractivity contribution in [2.24, 2.45) is 0 Å². The van der Waals surface area contributed by atoms with Crippen LogP contribution in [0.2, 0.25) is 0 Å². The first-order chi connectivity index (χ1) is 16.3. The Morgan fingerprint density at radius 1 is 1.18 bits per heavy atom. The smallest absolute Gasteiger partial charge is 0.245 e. The number of likely N-dealkylation sites (N-methyl/N-ethyl adjacent to an activating group) is 1. The maximum absolute atomic E-state index is 12.9. The normalized spacial score (nSPS) is 18.2. The number of aromatic hydroxyl groups is 2. The molecule has 0 aromatic heterocycles. The van der Waals surface area contributed by atoms with Crippen molar-refractivity contribution < 1.29 is 19.8 Å². The second kappa shape index (κ2) is 10.1. The molecule has 7 nitrogen and oxygen atoms in total. The first-order valence-electron chi connectivity index (χ1n) is 12.2. The van der Waals surface area contributed by atoms with Gasteiger partial charge in [0, 0.05) is 31.3 Å². The van der Waals surface area contributed by atoms with E-state index in [0.717, 1.165) is 38.0 Å².